The molecule has 30 heavy (non-hydrogen) atoms. The minimum Gasteiger partial charge on any atom is -0.378 e. The van der Waals surface area contributed by atoms with Crippen molar-refractivity contribution in [1.82, 2.24) is 9.62 Å². The molecule has 0 radical (unpaired) electrons. The van der Waals surface area contributed by atoms with Crippen LogP contribution in [0.15, 0.2) is 33.6 Å². The Bertz CT molecular complexity index is 729. The molecule has 0 aliphatic heterocycles. The molecule has 0 bridgehead atoms. The van der Waals surface area contributed by atoms with E-state index in [1.165, 1.54) is 38.6 Å². The topological polar surface area (TPSA) is 58.6 Å². The summed E-state index contributed by atoms with van der Waals surface area (Å²) in [6.07, 6.45) is 11.6. The third kappa shape index (κ3) is 7.59. The Kier molecular flexibility index (Phi) is 9.63. The molecule has 0 amide bonds. The predicted octanol–water partition coefficient (Wildman–Crippen LogP) is 4.96. The first kappa shape index (κ1) is 24.2. The van der Waals surface area contributed by atoms with Crippen LogP contribution in [0.2, 0.25) is 0 Å². The molecule has 0 unspecified atom stereocenters. The molecule has 170 valence electrons. The standard InChI is InChI=1S/C23H37BrN2O3S/c1-26(30(27,28)23-14-8-20(24)9-15-23)21-10-12-22(13-11-21)29-17-5-3-2-4-16-25-18-19-6-7-19/h8-9,14-15,19,21-22,25H,2-7,10-13,16-18H2,1H3/t21-,22-. The number of nitrogens with one attached hydrogen (secondary N) is 1. The van der Waals surface area contributed by atoms with E-state index in [1.54, 1.807) is 35.6 Å². The van der Waals surface area contributed by atoms with E-state index in [2.05, 4.69) is 21.2 Å². The SMILES string of the molecule is CN([C@H]1CC[C@H](OCCCCCCNCC2CC2)CC1)S(=O)(=O)c1ccc(Br)cc1. The summed E-state index contributed by atoms with van der Waals surface area (Å²) in [7, 11) is -1.73. The van der Waals surface area contributed by atoms with Gasteiger partial charge in [0.25, 0.3) is 0 Å². The average Bonchev–Trinajstić information content (AvgIpc) is 3.57. The number of unbranched alkanes of at least 4 members (excludes halogenated alkanes) is 3. The van der Waals surface area contributed by atoms with E-state index in [0.717, 1.165) is 55.6 Å². The van der Waals surface area contributed by atoms with Gasteiger partial charge in [-0.2, -0.15) is 4.31 Å². The highest BCUT2D eigenvalue weighted by Gasteiger charge is 2.31. The quantitative estimate of drug-likeness (QED) is 0.389. The highest BCUT2D eigenvalue weighted by Crippen LogP contribution is 2.29. The van der Waals surface area contributed by atoms with E-state index in [1.807, 2.05) is 0 Å². The molecule has 5 nitrogen and oxygen atoms in total. The molecular formula is C23H37BrN2O3S. The maximum absolute atomic E-state index is 12.9. The molecule has 0 saturated heterocycles. The van der Waals surface area contributed by atoms with Gasteiger partial charge in [0.15, 0.2) is 0 Å². The number of halogens is 1. The van der Waals surface area contributed by atoms with Gasteiger partial charge in [-0.05, 0) is 94.6 Å². The first-order valence-corrected chi connectivity index (χ1v) is 13.8. The van der Waals surface area contributed by atoms with Crippen molar-refractivity contribution in [3.05, 3.63) is 28.7 Å². The molecule has 2 saturated carbocycles. The van der Waals surface area contributed by atoms with Crippen LogP contribution < -0.4 is 5.32 Å². The van der Waals surface area contributed by atoms with E-state index in [4.69, 9.17) is 4.74 Å². The number of hydrogen-bond donors (Lipinski definition) is 1. The lowest BCUT2D eigenvalue weighted by molar-refractivity contribution is 0.0157. The van der Waals surface area contributed by atoms with Crippen molar-refractivity contribution in [1.29, 1.82) is 0 Å². The summed E-state index contributed by atoms with van der Waals surface area (Å²) in [5.41, 5.74) is 0. The fourth-order valence-electron chi connectivity index (χ4n) is 4.13. The lowest BCUT2D eigenvalue weighted by Gasteiger charge is -2.34. The number of hydrogen-bond acceptors (Lipinski definition) is 4. The van der Waals surface area contributed by atoms with Crippen LogP contribution in [0.4, 0.5) is 0 Å². The smallest absolute Gasteiger partial charge is 0.243 e. The average molecular weight is 502 g/mol. The van der Waals surface area contributed by atoms with Crippen molar-refractivity contribution in [2.24, 2.45) is 5.92 Å². The van der Waals surface area contributed by atoms with Crippen LogP contribution in [0.1, 0.15) is 64.2 Å². The van der Waals surface area contributed by atoms with Crippen molar-refractivity contribution in [2.45, 2.75) is 81.2 Å². The molecule has 2 aliphatic carbocycles. The van der Waals surface area contributed by atoms with Gasteiger partial charge in [-0.1, -0.05) is 28.8 Å². The number of sulfonamides is 1. The molecule has 2 aliphatic rings. The summed E-state index contributed by atoms with van der Waals surface area (Å²) in [6, 6.07) is 6.93. The van der Waals surface area contributed by atoms with Crippen molar-refractivity contribution < 1.29 is 13.2 Å². The van der Waals surface area contributed by atoms with E-state index >= 15 is 0 Å². The van der Waals surface area contributed by atoms with Crippen LogP contribution in [0.5, 0.6) is 0 Å². The number of benzene rings is 1. The Hall–Kier alpha value is -0.470. The maximum atomic E-state index is 12.9. The third-order valence-electron chi connectivity index (χ3n) is 6.38. The second-order valence-electron chi connectivity index (χ2n) is 8.84. The zero-order valence-electron chi connectivity index (χ0n) is 18.2. The van der Waals surface area contributed by atoms with Crippen LogP contribution >= 0.6 is 15.9 Å². The number of ether oxygens (including phenoxy) is 1. The van der Waals surface area contributed by atoms with Crippen molar-refractivity contribution in [3.63, 3.8) is 0 Å². The molecule has 3 rings (SSSR count). The first-order valence-electron chi connectivity index (χ1n) is 11.5. The van der Waals surface area contributed by atoms with E-state index in [9.17, 15) is 8.42 Å². The Labute approximate surface area is 191 Å². The van der Waals surface area contributed by atoms with Crippen LogP contribution in [0.25, 0.3) is 0 Å². The zero-order valence-corrected chi connectivity index (χ0v) is 20.6. The summed E-state index contributed by atoms with van der Waals surface area (Å²) < 4.78 is 34.3. The lowest BCUT2D eigenvalue weighted by atomic mass is 9.93. The summed E-state index contributed by atoms with van der Waals surface area (Å²) in [5.74, 6) is 0.967. The molecule has 0 spiro atoms. The molecule has 2 fully saturated rings. The third-order valence-corrected chi connectivity index (χ3v) is 8.83. The van der Waals surface area contributed by atoms with Crippen LogP contribution in [0.3, 0.4) is 0 Å². The van der Waals surface area contributed by atoms with Gasteiger partial charge in [-0.3, -0.25) is 0 Å². The molecule has 1 N–H and O–H groups in total. The fraction of sp³-hybridized carbons (Fsp3) is 0.739. The highest BCUT2D eigenvalue weighted by atomic mass is 79.9. The second kappa shape index (κ2) is 12.0. The lowest BCUT2D eigenvalue weighted by Crippen LogP contribution is -2.40. The van der Waals surface area contributed by atoms with Crippen molar-refractivity contribution in [2.75, 3.05) is 26.7 Å². The van der Waals surface area contributed by atoms with Gasteiger partial charge in [0.1, 0.15) is 0 Å². The normalized spacial score (nSPS) is 22.5. The van der Waals surface area contributed by atoms with Gasteiger partial charge >= 0.3 is 0 Å². The Morgan fingerprint density at radius 1 is 1.00 bits per heavy atom. The van der Waals surface area contributed by atoms with Gasteiger partial charge in [0.05, 0.1) is 11.0 Å². The summed E-state index contributed by atoms with van der Waals surface area (Å²) in [4.78, 5) is 0.356. The van der Waals surface area contributed by atoms with Crippen LogP contribution in [-0.2, 0) is 14.8 Å². The molecule has 7 heteroatoms. The van der Waals surface area contributed by atoms with Crippen LogP contribution in [0, 0.1) is 5.92 Å². The van der Waals surface area contributed by atoms with Gasteiger partial charge < -0.3 is 10.1 Å². The minimum absolute atomic E-state index is 0.0571. The van der Waals surface area contributed by atoms with E-state index in [-0.39, 0.29) is 12.1 Å². The first-order chi connectivity index (χ1) is 14.5. The maximum Gasteiger partial charge on any atom is 0.243 e. The van der Waals surface area contributed by atoms with Gasteiger partial charge in [0.2, 0.25) is 10.0 Å². The number of nitrogens with zero attached hydrogens (tertiary/aromatic N) is 1. The molecule has 1 aromatic rings. The molecule has 0 atom stereocenters. The second-order valence-corrected chi connectivity index (χ2v) is 11.8. The minimum atomic E-state index is -3.44. The molecule has 0 heterocycles. The summed E-state index contributed by atoms with van der Waals surface area (Å²) in [5, 5.41) is 3.55. The van der Waals surface area contributed by atoms with Gasteiger partial charge in [-0.15, -0.1) is 0 Å². The Morgan fingerprint density at radius 2 is 1.67 bits per heavy atom. The Balaban J connectivity index is 1.27. The summed E-state index contributed by atoms with van der Waals surface area (Å²) in [6.45, 7) is 3.20. The predicted molar refractivity (Wildman–Crippen MR) is 125 cm³/mol. The van der Waals surface area contributed by atoms with E-state index in [0.29, 0.717) is 4.90 Å². The van der Waals surface area contributed by atoms with Crippen LogP contribution in [-0.4, -0.2) is 51.6 Å². The molecular weight excluding hydrogens is 464 g/mol. The largest absolute Gasteiger partial charge is 0.378 e. The Morgan fingerprint density at radius 3 is 2.33 bits per heavy atom. The summed E-state index contributed by atoms with van der Waals surface area (Å²) >= 11 is 3.36. The van der Waals surface area contributed by atoms with Gasteiger partial charge in [0, 0.05) is 24.2 Å². The molecule has 1 aromatic carbocycles. The number of rotatable bonds is 13. The van der Waals surface area contributed by atoms with Crippen molar-refractivity contribution in [3.8, 4) is 0 Å². The van der Waals surface area contributed by atoms with Crippen molar-refractivity contribution >= 4 is 26.0 Å². The zero-order chi connectivity index (χ0) is 21.4. The highest BCUT2D eigenvalue weighted by molar-refractivity contribution is 9.10. The molecule has 0 aromatic heterocycles. The fourth-order valence-corrected chi connectivity index (χ4v) is 5.81. The van der Waals surface area contributed by atoms with E-state index < -0.39 is 10.0 Å². The van der Waals surface area contributed by atoms with Gasteiger partial charge in [-0.25, -0.2) is 8.42 Å². The monoisotopic (exact) mass is 500 g/mol.